The van der Waals surface area contributed by atoms with E-state index in [4.69, 9.17) is 9.47 Å². The SMILES string of the molecule is CCCNC1CCCN(Cc2nccc(OC)c2OC)C1. The maximum absolute atomic E-state index is 5.47. The summed E-state index contributed by atoms with van der Waals surface area (Å²) in [6, 6.07) is 2.43. The molecular weight excluding hydrogens is 266 g/mol. The van der Waals surface area contributed by atoms with Gasteiger partial charge in [-0.05, 0) is 32.4 Å². The van der Waals surface area contributed by atoms with Gasteiger partial charge in [0, 0.05) is 31.4 Å². The van der Waals surface area contributed by atoms with Crippen molar-refractivity contribution in [1.82, 2.24) is 15.2 Å². The lowest BCUT2D eigenvalue weighted by atomic mass is 10.1. The maximum atomic E-state index is 5.47. The summed E-state index contributed by atoms with van der Waals surface area (Å²) in [5.41, 5.74) is 0.952. The van der Waals surface area contributed by atoms with Crippen molar-refractivity contribution in [2.24, 2.45) is 0 Å². The van der Waals surface area contributed by atoms with Crippen molar-refractivity contribution in [2.75, 3.05) is 33.9 Å². The number of likely N-dealkylation sites (tertiary alicyclic amines) is 1. The molecule has 0 spiro atoms. The molecule has 118 valence electrons. The molecule has 1 fully saturated rings. The predicted octanol–water partition coefficient (Wildman–Crippen LogP) is 2.06. The van der Waals surface area contributed by atoms with Crippen molar-refractivity contribution >= 4 is 0 Å². The summed E-state index contributed by atoms with van der Waals surface area (Å²) >= 11 is 0. The van der Waals surface area contributed by atoms with E-state index in [0.717, 1.165) is 43.4 Å². The Balaban J connectivity index is 2.00. The van der Waals surface area contributed by atoms with Crippen LogP contribution < -0.4 is 14.8 Å². The first-order valence-corrected chi connectivity index (χ1v) is 7.80. The highest BCUT2D eigenvalue weighted by Crippen LogP contribution is 2.30. The lowest BCUT2D eigenvalue weighted by Gasteiger charge is -2.33. The summed E-state index contributed by atoms with van der Waals surface area (Å²) < 4.78 is 10.8. The first kappa shape index (κ1) is 16.0. The molecule has 0 bridgehead atoms. The number of hydrogen-bond acceptors (Lipinski definition) is 5. The van der Waals surface area contributed by atoms with E-state index < -0.39 is 0 Å². The van der Waals surface area contributed by atoms with Gasteiger partial charge in [-0.1, -0.05) is 6.92 Å². The van der Waals surface area contributed by atoms with E-state index in [9.17, 15) is 0 Å². The number of hydrogen-bond donors (Lipinski definition) is 1. The average molecular weight is 293 g/mol. The fourth-order valence-electron chi connectivity index (χ4n) is 2.89. The molecule has 1 N–H and O–H groups in total. The second-order valence-corrected chi connectivity index (χ2v) is 5.52. The zero-order valence-corrected chi connectivity index (χ0v) is 13.4. The Morgan fingerprint density at radius 2 is 2.24 bits per heavy atom. The molecule has 0 saturated carbocycles. The Bertz CT molecular complexity index is 440. The monoisotopic (exact) mass is 293 g/mol. The van der Waals surface area contributed by atoms with Gasteiger partial charge in [-0.25, -0.2) is 0 Å². The molecule has 1 aromatic rings. The zero-order valence-electron chi connectivity index (χ0n) is 13.4. The van der Waals surface area contributed by atoms with Gasteiger partial charge in [-0.15, -0.1) is 0 Å². The fraction of sp³-hybridized carbons (Fsp3) is 0.688. The molecule has 2 rings (SSSR count). The van der Waals surface area contributed by atoms with Crippen LogP contribution in [0.3, 0.4) is 0 Å². The van der Waals surface area contributed by atoms with Gasteiger partial charge < -0.3 is 14.8 Å². The number of aromatic nitrogens is 1. The second kappa shape index (κ2) is 8.20. The summed E-state index contributed by atoms with van der Waals surface area (Å²) in [6.07, 6.45) is 5.46. The van der Waals surface area contributed by atoms with Crippen LogP contribution in [0.25, 0.3) is 0 Å². The van der Waals surface area contributed by atoms with Gasteiger partial charge in [0.1, 0.15) is 5.69 Å². The van der Waals surface area contributed by atoms with Crippen LogP contribution >= 0.6 is 0 Å². The van der Waals surface area contributed by atoms with E-state index in [1.807, 2.05) is 6.07 Å². The molecule has 0 radical (unpaired) electrons. The van der Waals surface area contributed by atoms with Gasteiger partial charge in [0.25, 0.3) is 0 Å². The molecular formula is C16H27N3O2. The molecule has 0 amide bonds. The van der Waals surface area contributed by atoms with Gasteiger partial charge in [0.05, 0.1) is 14.2 Å². The number of piperidine rings is 1. The maximum Gasteiger partial charge on any atom is 0.183 e. The van der Waals surface area contributed by atoms with Gasteiger partial charge in [0.2, 0.25) is 0 Å². The lowest BCUT2D eigenvalue weighted by molar-refractivity contribution is 0.179. The van der Waals surface area contributed by atoms with Crippen LogP contribution in [-0.2, 0) is 6.54 Å². The minimum absolute atomic E-state index is 0.593. The Labute approximate surface area is 127 Å². The van der Waals surface area contributed by atoms with Crippen molar-refractivity contribution in [3.05, 3.63) is 18.0 Å². The van der Waals surface area contributed by atoms with Crippen LogP contribution in [0.15, 0.2) is 12.3 Å². The molecule has 0 aliphatic carbocycles. The summed E-state index contributed by atoms with van der Waals surface area (Å²) in [7, 11) is 3.33. The molecule has 1 unspecified atom stereocenters. The fourth-order valence-corrected chi connectivity index (χ4v) is 2.89. The molecule has 5 nitrogen and oxygen atoms in total. The van der Waals surface area contributed by atoms with Crippen molar-refractivity contribution in [3.8, 4) is 11.5 Å². The minimum atomic E-state index is 0.593. The van der Waals surface area contributed by atoms with Crippen molar-refractivity contribution in [1.29, 1.82) is 0 Å². The summed E-state index contributed by atoms with van der Waals surface area (Å²) in [4.78, 5) is 6.92. The highest BCUT2D eigenvalue weighted by molar-refractivity contribution is 5.42. The minimum Gasteiger partial charge on any atom is -0.493 e. The molecule has 2 heterocycles. The van der Waals surface area contributed by atoms with Gasteiger partial charge >= 0.3 is 0 Å². The van der Waals surface area contributed by atoms with Crippen molar-refractivity contribution in [3.63, 3.8) is 0 Å². The standard InChI is InChI=1S/C16H27N3O2/c1-4-8-17-13-6-5-10-19(11-13)12-14-16(21-3)15(20-2)7-9-18-14/h7,9,13,17H,4-6,8,10-12H2,1-3H3. The Morgan fingerprint density at radius 1 is 1.38 bits per heavy atom. The van der Waals surface area contributed by atoms with E-state index in [1.165, 1.54) is 19.3 Å². The normalized spacial score (nSPS) is 19.5. The quantitative estimate of drug-likeness (QED) is 0.834. The smallest absolute Gasteiger partial charge is 0.183 e. The molecule has 1 aliphatic heterocycles. The third kappa shape index (κ3) is 4.32. The van der Waals surface area contributed by atoms with Crippen LogP contribution in [-0.4, -0.2) is 49.8 Å². The van der Waals surface area contributed by atoms with Crippen LogP contribution in [0.2, 0.25) is 0 Å². The lowest BCUT2D eigenvalue weighted by Crippen LogP contribution is -2.45. The van der Waals surface area contributed by atoms with Gasteiger partial charge in [0.15, 0.2) is 11.5 Å². The molecule has 1 saturated heterocycles. The van der Waals surface area contributed by atoms with E-state index in [2.05, 4.69) is 22.1 Å². The first-order valence-electron chi connectivity index (χ1n) is 7.80. The Morgan fingerprint density at radius 3 is 2.95 bits per heavy atom. The third-order valence-corrected chi connectivity index (χ3v) is 3.93. The van der Waals surface area contributed by atoms with Gasteiger partial charge in [-0.3, -0.25) is 9.88 Å². The predicted molar refractivity (Wildman–Crippen MR) is 83.9 cm³/mol. The Kier molecular flexibility index (Phi) is 6.26. The molecule has 1 aromatic heterocycles. The van der Waals surface area contributed by atoms with Crippen molar-refractivity contribution in [2.45, 2.75) is 38.8 Å². The van der Waals surface area contributed by atoms with E-state index in [1.54, 1.807) is 20.4 Å². The highest BCUT2D eigenvalue weighted by Gasteiger charge is 2.21. The number of nitrogens with one attached hydrogen (secondary N) is 1. The zero-order chi connectivity index (χ0) is 15.1. The molecule has 21 heavy (non-hydrogen) atoms. The number of pyridine rings is 1. The third-order valence-electron chi connectivity index (χ3n) is 3.93. The van der Waals surface area contributed by atoms with Crippen LogP contribution in [0.5, 0.6) is 11.5 Å². The van der Waals surface area contributed by atoms with Crippen LogP contribution in [0.4, 0.5) is 0 Å². The molecule has 1 atom stereocenters. The molecule has 5 heteroatoms. The first-order chi connectivity index (χ1) is 10.3. The highest BCUT2D eigenvalue weighted by atomic mass is 16.5. The molecule has 1 aliphatic rings. The average Bonchev–Trinajstić information content (AvgIpc) is 2.53. The number of nitrogens with zero attached hydrogens (tertiary/aromatic N) is 2. The number of ether oxygens (including phenoxy) is 2. The summed E-state index contributed by atoms with van der Waals surface area (Å²) in [6.45, 7) is 6.30. The van der Waals surface area contributed by atoms with Crippen molar-refractivity contribution < 1.29 is 9.47 Å². The van der Waals surface area contributed by atoms with Crippen LogP contribution in [0, 0.1) is 0 Å². The number of rotatable bonds is 7. The topological polar surface area (TPSA) is 46.6 Å². The van der Waals surface area contributed by atoms with E-state index in [0.29, 0.717) is 6.04 Å². The van der Waals surface area contributed by atoms with E-state index >= 15 is 0 Å². The number of methoxy groups -OCH3 is 2. The largest absolute Gasteiger partial charge is 0.493 e. The second-order valence-electron chi connectivity index (χ2n) is 5.52. The van der Waals surface area contributed by atoms with Gasteiger partial charge in [-0.2, -0.15) is 0 Å². The van der Waals surface area contributed by atoms with Crippen LogP contribution in [0.1, 0.15) is 31.9 Å². The summed E-state index contributed by atoms with van der Waals surface area (Å²) in [5, 5.41) is 3.62. The summed E-state index contributed by atoms with van der Waals surface area (Å²) in [5.74, 6) is 1.50. The molecule has 0 aromatic carbocycles. The Hall–Kier alpha value is -1.33. The van der Waals surface area contributed by atoms with E-state index in [-0.39, 0.29) is 0 Å².